The van der Waals surface area contributed by atoms with Crippen molar-refractivity contribution in [3.63, 3.8) is 0 Å². The van der Waals surface area contributed by atoms with E-state index in [9.17, 15) is 9.59 Å². The Balaban J connectivity index is 4.75. The zero-order chi connectivity index (χ0) is 14.3. The molecule has 0 fully saturated rings. The topological polar surface area (TPSA) is 57.6 Å². The molecule has 106 valence electrons. The van der Waals surface area contributed by atoms with Crippen molar-refractivity contribution >= 4 is 11.9 Å². The molecule has 0 aliphatic rings. The van der Waals surface area contributed by atoms with Crippen molar-refractivity contribution in [2.75, 3.05) is 6.54 Å². The third-order valence-corrected chi connectivity index (χ3v) is 3.19. The highest BCUT2D eigenvalue weighted by molar-refractivity contribution is 5.80. The summed E-state index contributed by atoms with van der Waals surface area (Å²) in [6, 6.07) is 0.0509. The van der Waals surface area contributed by atoms with E-state index in [4.69, 9.17) is 5.11 Å². The summed E-state index contributed by atoms with van der Waals surface area (Å²) in [5.74, 6) is -0.456. The summed E-state index contributed by atoms with van der Waals surface area (Å²) in [4.78, 5) is 24.8. The molecule has 18 heavy (non-hydrogen) atoms. The molecule has 0 aromatic rings. The third kappa shape index (κ3) is 5.52. The zero-order valence-electron chi connectivity index (χ0n) is 12.3. The van der Waals surface area contributed by atoms with Crippen LogP contribution in [0.25, 0.3) is 0 Å². The number of carbonyl (C=O) groups is 2. The number of hydrogen-bond donors (Lipinski definition) is 1. The number of carboxylic acid groups (broad SMARTS) is 1. The van der Waals surface area contributed by atoms with Crippen molar-refractivity contribution < 1.29 is 14.7 Å². The molecule has 4 nitrogen and oxygen atoms in total. The summed E-state index contributed by atoms with van der Waals surface area (Å²) in [7, 11) is 0. The quantitative estimate of drug-likeness (QED) is 0.727. The molecule has 1 atom stereocenters. The first-order valence-corrected chi connectivity index (χ1v) is 6.83. The molecule has 0 heterocycles. The van der Waals surface area contributed by atoms with Gasteiger partial charge in [0, 0.05) is 18.5 Å². The Morgan fingerprint density at radius 1 is 1.17 bits per heavy atom. The second-order valence-electron chi connectivity index (χ2n) is 5.41. The minimum atomic E-state index is -0.856. The zero-order valence-corrected chi connectivity index (χ0v) is 12.3. The second kappa shape index (κ2) is 8.11. The summed E-state index contributed by atoms with van der Waals surface area (Å²) < 4.78 is 0. The molecule has 0 saturated carbocycles. The molecule has 0 aliphatic heterocycles. The smallest absolute Gasteiger partial charge is 0.305 e. The predicted octanol–water partition coefficient (Wildman–Crippen LogP) is 2.77. The minimum Gasteiger partial charge on any atom is -0.481 e. The number of amides is 1. The Morgan fingerprint density at radius 3 is 2.06 bits per heavy atom. The van der Waals surface area contributed by atoms with E-state index < -0.39 is 5.97 Å². The van der Waals surface area contributed by atoms with E-state index in [0.717, 1.165) is 12.8 Å². The van der Waals surface area contributed by atoms with Crippen LogP contribution in [0.3, 0.4) is 0 Å². The van der Waals surface area contributed by atoms with Gasteiger partial charge in [-0.1, -0.05) is 27.2 Å². The molecular formula is C14H27NO3. The lowest BCUT2D eigenvalue weighted by Gasteiger charge is -2.32. The summed E-state index contributed by atoms with van der Waals surface area (Å²) in [6.07, 6.45) is 1.85. The fourth-order valence-electron chi connectivity index (χ4n) is 2.10. The lowest BCUT2D eigenvalue weighted by molar-refractivity contribution is -0.141. The Hall–Kier alpha value is -1.06. The summed E-state index contributed by atoms with van der Waals surface area (Å²) >= 11 is 0. The van der Waals surface area contributed by atoms with Crippen LogP contribution in [-0.2, 0) is 9.59 Å². The molecule has 0 aromatic heterocycles. The summed E-state index contributed by atoms with van der Waals surface area (Å²) in [5.41, 5.74) is 0. The fraction of sp³-hybridized carbons (Fsp3) is 0.857. The van der Waals surface area contributed by atoms with Crippen LogP contribution in [-0.4, -0.2) is 34.5 Å². The van der Waals surface area contributed by atoms with Crippen LogP contribution in [0.15, 0.2) is 0 Å². The number of nitrogens with zero attached hydrogens (tertiary/aromatic N) is 1. The van der Waals surface area contributed by atoms with Crippen LogP contribution in [0.1, 0.15) is 53.9 Å². The Labute approximate surface area is 110 Å². The van der Waals surface area contributed by atoms with Crippen molar-refractivity contribution in [1.29, 1.82) is 0 Å². The van der Waals surface area contributed by atoms with Crippen molar-refractivity contribution in [3.8, 4) is 0 Å². The second-order valence-corrected chi connectivity index (χ2v) is 5.41. The van der Waals surface area contributed by atoms with Gasteiger partial charge in [-0.15, -0.1) is 0 Å². The molecule has 4 heteroatoms. The normalized spacial score (nSPS) is 12.8. The molecule has 0 bridgehead atoms. The van der Waals surface area contributed by atoms with Gasteiger partial charge in [0.25, 0.3) is 0 Å². The molecule has 0 radical (unpaired) electrons. The van der Waals surface area contributed by atoms with E-state index >= 15 is 0 Å². The molecule has 0 aliphatic carbocycles. The van der Waals surface area contributed by atoms with E-state index in [1.165, 1.54) is 0 Å². The third-order valence-electron chi connectivity index (χ3n) is 3.19. The first-order valence-electron chi connectivity index (χ1n) is 6.83. The molecule has 0 saturated heterocycles. The molecule has 0 rings (SSSR count). The first-order chi connectivity index (χ1) is 8.31. The predicted molar refractivity (Wildman–Crippen MR) is 72.3 cm³/mol. The number of rotatable bonds is 8. The van der Waals surface area contributed by atoms with Gasteiger partial charge in [0.1, 0.15) is 0 Å². The van der Waals surface area contributed by atoms with Crippen molar-refractivity contribution in [3.05, 3.63) is 0 Å². The Morgan fingerprint density at radius 2 is 1.72 bits per heavy atom. The molecule has 1 amide bonds. The highest BCUT2D eigenvalue weighted by Crippen LogP contribution is 2.21. The molecule has 1 unspecified atom stereocenters. The van der Waals surface area contributed by atoms with Gasteiger partial charge in [0.15, 0.2) is 0 Å². The van der Waals surface area contributed by atoms with Crippen LogP contribution in [0.4, 0.5) is 0 Å². The van der Waals surface area contributed by atoms with Crippen molar-refractivity contribution in [2.45, 2.75) is 59.9 Å². The first kappa shape index (κ1) is 16.9. The van der Waals surface area contributed by atoms with E-state index in [1.807, 2.05) is 27.7 Å². The lowest BCUT2D eigenvalue weighted by Crippen LogP contribution is -2.43. The largest absolute Gasteiger partial charge is 0.481 e. The van der Waals surface area contributed by atoms with Gasteiger partial charge in [-0.2, -0.15) is 0 Å². The maximum absolute atomic E-state index is 12.5. The number of aliphatic carboxylic acids is 1. The summed E-state index contributed by atoms with van der Waals surface area (Å²) in [5, 5.41) is 8.74. The van der Waals surface area contributed by atoms with E-state index in [2.05, 4.69) is 6.92 Å². The van der Waals surface area contributed by atoms with Gasteiger partial charge in [0.05, 0.1) is 6.42 Å². The minimum absolute atomic E-state index is 0.00574. The highest BCUT2D eigenvalue weighted by Gasteiger charge is 2.27. The van der Waals surface area contributed by atoms with Gasteiger partial charge >= 0.3 is 5.97 Å². The van der Waals surface area contributed by atoms with E-state index in [0.29, 0.717) is 12.5 Å². The molecular weight excluding hydrogens is 230 g/mol. The van der Waals surface area contributed by atoms with Gasteiger partial charge in [-0.25, -0.2) is 0 Å². The maximum atomic E-state index is 12.5. The van der Waals surface area contributed by atoms with Crippen LogP contribution in [0.5, 0.6) is 0 Å². The van der Waals surface area contributed by atoms with Crippen LogP contribution >= 0.6 is 0 Å². The molecule has 0 aromatic carbocycles. The molecule has 1 N–H and O–H groups in total. The van der Waals surface area contributed by atoms with Gasteiger partial charge in [0.2, 0.25) is 5.91 Å². The van der Waals surface area contributed by atoms with E-state index in [1.54, 1.807) is 4.90 Å². The monoisotopic (exact) mass is 257 g/mol. The standard InChI is InChI=1S/C14H27NO3/c1-6-7-12(10(2)3)14(18)15(11(4)5)9-8-13(16)17/h10-12H,6-9H2,1-5H3,(H,16,17). The van der Waals surface area contributed by atoms with Gasteiger partial charge in [-0.05, 0) is 26.2 Å². The lowest BCUT2D eigenvalue weighted by atomic mass is 9.89. The Bertz CT molecular complexity index is 274. The number of hydrogen-bond acceptors (Lipinski definition) is 2. The van der Waals surface area contributed by atoms with E-state index in [-0.39, 0.29) is 24.3 Å². The van der Waals surface area contributed by atoms with Crippen molar-refractivity contribution in [1.82, 2.24) is 4.90 Å². The SMILES string of the molecule is CCCC(C(=O)N(CCC(=O)O)C(C)C)C(C)C. The number of carboxylic acids is 1. The Kier molecular flexibility index (Phi) is 7.64. The number of carbonyl (C=O) groups excluding carboxylic acids is 1. The van der Waals surface area contributed by atoms with Crippen molar-refractivity contribution in [2.24, 2.45) is 11.8 Å². The van der Waals surface area contributed by atoms with Crippen LogP contribution < -0.4 is 0 Å². The highest BCUT2D eigenvalue weighted by atomic mass is 16.4. The van der Waals surface area contributed by atoms with Crippen LogP contribution in [0.2, 0.25) is 0 Å². The maximum Gasteiger partial charge on any atom is 0.305 e. The van der Waals surface area contributed by atoms with Gasteiger partial charge < -0.3 is 10.0 Å². The average molecular weight is 257 g/mol. The average Bonchev–Trinajstić information content (AvgIpc) is 2.24. The summed E-state index contributed by atoms with van der Waals surface area (Å²) in [6.45, 7) is 10.3. The fourth-order valence-corrected chi connectivity index (χ4v) is 2.10. The van der Waals surface area contributed by atoms with Crippen LogP contribution in [0, 0.1) is 11.8 Å². The molecule has 0 spiro atoms. The van der Waals surface area contributed by atoms with Gasteiger partial charge in [-0.3, -0.25) is 9.59 Å².